The first-order chi connectivity index (χ1) is 11.5. The maximum Gasteiger partial charge on any atom is 0.227 e. The lowest BCUT2D eigenvalue weighted by atomic mass is 9.95. The van der Waals surface area contributed by atoms with Crippen LogP contribution in [0.25, 0.3) is 0 Å². The number of carbonyl (C=O) groups excluding carboxylic acids is 1. The van der Waals surface area contributed by atoms with Crippen LogP contribution in [0.3, 0.4) is 0 Å². The van der Waals surface area contributed by atoms with Gasteiger partial charge in [0.2, 0.25) is 5.91 Å². The number of hydrogen-bond acceptors (Lipinski definition) is 4. The van der Waals surface area contributed by atoms with E-state index in [0.717, 1.165) is 11.3 Å². The molecule has 2 rings (SSSR count). The average Bonchev–Trinajstić information content (AvgIpc) is 3.10. The number of methoxy groups -OCH3 is 1. The fraction of sp³-hybridized carbons (Fsp3) is 0.421. The first-order valence-corrected chi connectivity index (χ1v) is 8.21. The second-order valence-corrected chi connectivity index (χ2v) is 5.91. The number of benzene rings is 1. The second kappa shape index (κ2) is 8.55. The van der Waals surface area contributed by atoms with E-state index in [-0.39, 0.29) is 17.9 Å². The Balaban J connectivity index is 1.95. The van der Waals surface area contributed by atoms with Crippen molar-refractivity contribution < 1.29 is 19.1 Å². The van der Waals surface area contributed by atoms with Gasteiger partial charge < -0.3 is 19.6 Å². The Morgan fingerprint density at radius 2 is 2.00 bits per heavy atom. The van der Waals surface area contributed by atoms with Gasteiger partial charge in [0.15, 0.2) is 0 Å². The number of amides is 1. The molecule has 0 fully saturated rings. The molecule has 5 nitrogen and oxygen atoms in total. The summed E-state index contributed by atoms with van der Waals surface area (Å²) in [5.41, 5.74) is 0.953. The first-order valence-electron chi connectivity index (χ1n) is 8.21. The highest BCUT2D eigenvalue weighted by Crippen LogP contribution is 2.24. The van der Waals surface area contributed by atoms with Crippen molar-refractivity contribution in [2.75, 3.05) is 7.11 Å². The molecule has 1 heterocycles. The van der Waals surface area contributed by atoms with Gasteiger partial charge in [-0.25, -0.2) is 0 Å². The number of carbonyl (C=O) groups is 1. The second-order valence-electron chi connectivity index (χ2n) is 5.91. The Morgan fingerprint density at radius 1 is 1.29 bits per heavy atom. The van der Waals surface area contributed by atoms with E-state index in [1.807, 2.05) is 38.1 Å². The molecule has 130 valence electrons. The van der Waals surface area contributed by atoms with E-state index in [1.54, 1.807) is 19.2 Å². The molecule has 0 aliphatic heterocycles. The van der Waals surface area contributed by atoms with Crippen molar-refractivity contribution in [3.05, 3.63) is 54.0 Å². The Kier molecular flexibility index (Phi) is 6.44. The molecule has 0 spiro atoms. The molecule has 0 saturated heterocycles. The Labute approximate surface area is 142 Å². The number of ether oxygens (including phenoxy) is 1. The number of nitrogens with one attached hydrogen (secondary N) is 1. The molecule has 24 heavy (non-hydrogen) atoms. The number of hydrogen-bond donors (Lipinski definition) is 2. The minimum atomic E-state index is -0.726. The lowest BCUT2D eigenvalue weighted by Crippen LogP contribution is -2.37. The summed E-state index contributed by atoms with van der Waals surface area (Å²) < 4.78 is 10.3. The zero-order valence-corrected chi connectivity index (χ0v) is 14.4. The van der Waals surface area contributed by atoms with Crippen LogP contribution in [0.2, 0.25) is 0 Å². The van der Waals surface area contributed by atoms with Crippen LogP contribution >= 0.6 is 0 Å². The SMILES string of the molecule is CCC(C(=O)NC(C)CC(O)c1ccco1)c1ccc(OC)cc1. The first kappa shape index (κ1) is 18.1. The molecule has 0 saturated carbocycles. The van der Waals surface area contributed by atoms with Gasteiger partial charge in [-0.1, -0.05) is 19.1 Å². The van der Waals surface area contributed by atoms with Crippen molar-refractivity contribution in [1.82, 2.24) is 5.32 Å². The smallest absolute Gasteiger partial charge is 0.227 e. The highest BCUT2D eigenvalue weighted by atomic mass is 16.5. The Bertz CT molecular complexity index is 621. The van der Waals surface area contributed by atoms with E-state index in [9.17, 15) is 9.90 Å². The molecule has 0 bridgehead atoms. The number of aliphatic hydroxyl groups excluding tert-OH is 1. The average molecular weight is 331 g/mol. The lowest BCUT2D eigenvalue weighted by molar-refractivity contribution is -0.123. The highest BCUT2D eigenvalue weighted by molar-refractivity contribution is 5.83. The molecule has 2 aromatic rings. The van der Waals surface area contributed by atoms with Crippen LogP contribution in [-0.4, -0.2) is 24.2 Å². The fourth-order valence-corrected chi connectivity index (χ4v) is 2.74. The van der Waals surface area contributed by atoms with Crippen LogP contribution in [0.4, 0.5) is 0 Å². The molecule has 1 aromatic carbocycles. The zero-order chi connectivity index (χ0) is 17.5. The van der Waals surface area contributed by atoms with Crippen LogP contribution in [0.1, 0.15) is 50.0 Å². The quantitative estimate of drug-likeness (QED) is 0.777. The molecule has 5 heteroatoms. The minimum Gasteiger partial charge on any atom is -0.497 e. The van der Waals surface area contributed by atoms with Crippen molar-refractivity contribution in [3.63, 3.8) is 0 Å². The van der Waals surface area contributed by atoms with E-state index in [2.05, 4.69) is 5.32 Å². The minimum absolute atomic E-state index is 0.0400. The van der Waals surface area contributed by atoms with Crippen molar-refractivity contribution in [2.24, 2.45) is 0 Å². The number of furan rings is 1. The molecule has 2 N–H and O–H groups in total. The van der Waals surface area contributed by atoms with Gasteiger partial charge in [0.25, 0.3) is 0 Å². The van der Waals surface area contributed by atoms with Crippen LogP contribution in [0, 0.1) is 0 Å². The molecule has 3 unspecified atom stereocenters. The molecule has 0 aliphatic carbocycles. The largest absolute Gasteiger partial charge is 0.497 e. The third-order valence-corrected chi connectivity index (χ3v) is 4.08. The number of rotatable bonds is 8. The molecule has 0 radical (unpaired) electrons. The van der Waals surface area contributed by atoms with E-state index >= 15 is 0 Å². The monoisotopic (exact) mass is 331 g/mol. The topological polar surface area (TPSA) is 71.7 Å². The molecular formula is C19H25NO4. The number of aliphatic hydroxyl groups is 1. The Morgan fingerprint density at radius 3 is 2.54 bits per heavy atom. The van der Waals surface area contributed by atoms with Gasteiger partial charge in [0.05, 0.1) is 19.3 Å². The van der Waals surface area contributed by atoms with E-state index < -0.39 is 6.10 Å². The maximum atomic E-state index is 12.6. The summed E-state index contributed by atoms with van der Waals surface area (Å²) in [4.78, 5) is 12.6. The van der Waals surface area contributed by atoms with Gasteiger partial charge in [0.1, 0.15) is 17.6 Å². The molecule has 1 amide bonds. The molecular weight excluding hydrogens is 306 g/mol. The van der Waals surface area contributed by atoms with Gasteiger partial charge in [0, 0.05) is 12.5 Å². The molecule has 1 aromatic heterocycles. The van der Waals surface area contributed by atoms with Crippen LogP contribution in [0.5, 0.6) is 5.75 Å². The van der Waals surface area contributed by atoms with Gasteiger partial charge in [-0.3, -0.25) is 4.79 Å². The van der Waals surface area contributed by atoms with Gasteiger partial charge >= 0.3 is 0 Å². The summed E-state index contributed by atoms with van der Waals surface area (Å²) in [7, 11) is 1.62. The summed E-state index contributed by atoms with van der Waals surface area (Å²) in [6.07, 6.45) is 1.90. The van der Waals surface area contributed by atoms with Gasteiger partial charge in [-0.05, 0) is 43.2 Å². The van der Waals surface area contributed by atoms with Crippen molar-refractivity contribution in [2.45, 2.75) is 44.8 Å². The van der Waals surface area contributed by atoms with Crippen LogP contribution in [0.15, 0.2) is 47.1 Å². The standard InChI is InChI=1S/C19H25NO4/c1-4-16(14-7-9-15(23-3)10-8-14)19(22)20-13(2)12-17(21)18-6-5-11-24-18/h5-11,13,16-17,21H,4,12H2,1-3H3,(H,20,22). The third kappa shape index (κ3) is 4.61. The van der Waals surface area contributed by atoms with Gasteiger partial charge in [-0.15, -0.1) is 0 Å². The van der Waals surface area contributed by atoms with Crippen molar-refractivity contribution in [1.29, 1.82) is 0 Å². The van der Waals surface area contributed by atoms with Crippen LogP contribution in [-0.2, 0) is 4.79 Å². The summed E-state index contributed by atoms with van der Waals surface area (Å²) in [5.74, 6) is 1.02. The summed E-state index contributed by atoms with van der Waals surface area (Å²) in [6, 6.07) is 10.8. The maximum absolute atomic E-state index is 12.6. The lowest BCUT2D eigenvalue weighted by Gasteiger charge is -2.21. The normalized spacial score (nSPS) is 14.7. The van der Waals surface area contributed by atoms with Crippen molar-refractivity contribution >= 4 is 5.91 Å². The van der Waals surface area contributed by atoms with Crippen LogP contribution < -0.4 is 10.1 Å². The Hall–Kier alpha value is -2.27. The predicted molar refractivity (Wildman–Crippen MR) is 91.9 cm³/mol. The fourth-order valence-electron chi connectivity index (χ4n) is 2.74. The predicted octanol–water partition coefficient (Wildman–Crippen LogP) is 3.41. The third-order valence-electron chi connectivity index (χ3n) is 4.08. The van der Waals surface area contributed by atoms with E-state index in [0.29, 0.717) is 18.6 Å². The van der Waals surface area contributed by atoms with E-state index in [1.165, 1.54) is 6.26 Å². The van der Waals surface area contributed by atoms with Crippen molar-refractivity contribution in [3.8, 4) is 5.75 Å². The zero-order valence-electron chi connectivity index (χ0n) is 14.4. The van der Waals surface area contributed by atoms with Gasteiger partial charge in [-0.2, -0.15) is 0 Å². The summed E-state index contributed by atoms with van der Waals surface area (Å²) in [6.45, 7) is 3.86. The summed E-state index contributed by atoms with van der Waals surface area (Å²) in [5, 5.41) is 13.1. The molecule has 0 aliphatic rings. The summed E-state index contributed by atoms with van der Waals surface area (Å²) >= 11 is 0. The molecule has 3 atom stereocenters. The van der Waals surface area contributed by atoms with E-state index in [4.69, 9.17) is 9.15 Å². The highest BCUT2D eigenvalue weighted by Gasteiger charge is 2.22.